The maximum Gasteiger partial charge on any atom is 0.356 e. The lowest BCUT2D eigenvalue weighted by atomic mass is 10.0. The van der Waals surface area contributed by atoms with Crippen LogP contribution in [0.25, 0.3) is 0 Å². The molecule has 0 fully saturated rings. The molecule has 0 spiro atoms. The van der Waals surface area contributed by atoms with Crippen LogP contribution in [-0.2, 0) is 13.0 Å². The molecule has 0 aliphatic carbocycles. The highest BCUT2D eigenvalue weighted by atomic mass is 16.4. The Morgan fingerprint density at radius 1 is 1.42 bits per heavy atom. The standard InChI is InChI=1S/C12H18N4O3/c1-12(2,3)13-11(19)16-5-4-7-8(6-16)14-15-9(7)10(17)18/h4-6H2,1-3H3,(H,13,19)(H,14,15)(H,17,18). The van der Waals surface area contributed by atoms with Gasteiger partial charge in [0.05, 0.1) is 12.2 Å². The van der Waals surface area contributed by atoms with Gasteiger partial charge in [-0.15, -0.1) is 0 Å². The van der Waals surface area contributed by atoms with Crippen molar-refractivity contribution in [2.75, 3.05) is 6.54 Å². The summed E-state index contributed by atoms with van der Waals surface area (Å²) in [6.45, 7) is 6.60. The second-order valence-corrected chi connectivity index (χ2v) is 5.69. The van der Waals surface area contributed by atoms with Gasteiger partial charge in [-0.2, -0.15) is 5.10 Å². The number of aromatic nitrogens is 2. The van der Waals surface area contributed by atoms with E-state index in [-0.39, 0.29) is 17.3 Å². The summed E-state index contributed by atoms with van der Waals surface area (Å²) in [5, 5.41) is 18.4. The van der Waals surface area contributed by atoms with E-state index >= 15 is 0 Å². The van der Waals surface area contributed by atoms with Crippen molar-refractivity contribution >= 4 is 12.0 Å². The molecular weight excluding hydrogens is 248 g/mol. The molecule has 0 radical (unpaired) electrons. The summed E-state index contributed by atoms with van der Waals surface area (Å²) >= 11 is 0. The van der Waals surface area contributed by atoms with Crippen molar-refractivity contribution in [3.63, 3.8) is 0 Å². The van der Waals surface area contributed by atoms with E-state index in [4.69, 9.17) is 5.11 Å². The first kappa shape index (κ1) is 13.4. The third kappa shape index (κ3) is 2.86. The summed E-state index contributed by atoms with van der Waals surface area (Å²) < 4.78 is 0. The number of fused-ring (bicyclic) bond motifs is 1. The fourth-order valence-electron chi connectivity index (χ4n) is 2.07. The van der Waals surface area contributed by atoms with Gasteiger partial charge in [0.2, 0.25) is 0 Å². The van der Waals surface area contributed by atoms with Crippen LogP contribution in [0.5, 0.6) is 0 Å². The third-order valence-corrected chi connectivity index (χ3v) is 2.91. The average Bonchev–Trinajstić information content (AvgIpc) is 2.68. The van der Waals surface area contributed by atoms with Crippen LogP contribution in [0.1, 0.15) is 42.5 Å². The first-order valence-corrected chi connectivity index (χ1v) is 6.14. The highest BCUT2D eigenvalue weighted by molar-refractivity contribution is 5.87. The molecule has 0 unspecified atom stereocenters. The Balaban J connectivity index is 2.11. The summed E-state index contributed by atoms with van der Waals surface area (Å²) in [7, 11) is 0. The maximum atomic E-state index is 12.0. The molecule has 1 aromatic rings. The number of carbonyl (C=O) groups excluding carboxylic acids is 1. The van der Waals surface area contributed by atoms with E-state index < -0.39 is 5.97 Å². The predicted molar refractivity (Wildman–Crippen MR) is 67.9 cm³/mol. The molecule has 19 heavy (non-hydrogen) atoms. The number of hydrogen-bond donors (Lipinski definition) is 3. The van der Waals surface area contributed by atoms with Crippen LogP contribution in [0.3, 0.4) is 0 Å². The van der Waals surface area contributed by atoms with E-state index in [1.54, 1.807) is 4.90 Å². The maximum absolute atomic E-state index is 12.0. The van der Waals surface area contributed by atoms with Gasteiger partial charge in [0.1, 0.15) is 0 Å². The van der Waals surface area contributed by atoms with Crippen molar-refractivity contribution in [3.8, 4) is 0 Å². The second kappa shape index (κ2) is 4.56. The molecular formula is C12H18N4O3. The smallest absolute Gasteiger partial charge is 0.356 e. The van der Waals surface area contributed by atoms with Gasteiger partial charge < -0.3 is 15.3 Å². The number of nitrogens with one attached hydrogen (secondary N) is 2. The van der Waals surface area contributed by atoms with E-state index in [1.807, 2.05) is 20.8 Å². The summed E-state index contributed by atoms with van der Waals surface area (Å²) in [6.07, 6.45) is 0.505. The summed E-state index contributed by atoms with van der Waals surface area (Å²) in [5.74, 6) is -1.04. The van der Waals surface area contributed by atoms with Crippen molar-refractivity contribution in [3.05, 3.63) is 17.0 Å². The van der Waals surface area contributed by atoms with Gasteiger partial charge in [-0.05, 0) is 27.2 Å². The fourth-order valence-corrected chi connectivity index (χ4v) is 2.07. The first-order valence-electron chi connectivity index (χ1n) is 6.14. The van der Waals surface area contributed by atoms with Crippen LogP contribution in [0.15, 0.2) is 0 Å². The SMILES string of the molecule is CC(C)(C)NC(=O)N1CCc2c(C(=O)O)n[nH]c2C1. The Kier molecular flexibility index (Phi) is 3.21. The molecule has 104 valence electrons. The number of carboxylic acid groups (broad SMARTS) is 1. The van der Waals surface area contributed by atoms with Crippen molar-refractivity contribution < 1.29 is 14.7 Å². The van der Waals surface area contributed by atoms with Crippen molar-refractivity contribution in [1.82, 2.24) is 20.4 Å². The van der Waals surface area contributed by atoms with Gasteiger partial charge in [0, 0.05) is 17.6 Å². The number of H-pyrrole nitrogens is 1. The number of rotatable bonds is 1. The Morgan fingerprint density at radius 3 is 2.68 bits per heavy atom. The molecule has 7 nitrogen and oxygen atoms in total. The number of amides is 2. The lowest BCUT2D eigenvalue weighted by Gasteiger charge is -2.30. The normalized spacial score (nSPS) is 15.0. The number of urea groups is 1. The lowest BCUT2D eigenvalue weighted by Crippen LogP contribution is -2.49. The number of aromatic amines is 1. The molecule has 7 heteroatoms. The number of carbonyl (C=O) groups is 2. The quantitative estimate of drug-likeness (QED) is 0.705. The minimum Gasteiger partial charge on any atom is -0.476 e. The summed E-state index contributed by atoms with van der Waals surface area (Å²) in [6, 6.07) is -0.148. The van der Waals surface area contributed by atoms with Crippen LogP contribution >= 0.6 is 0 Å². The Labute approximate surface area is 111 Å². The van der Waals surface area contributed by atoms with Gasteiger partial charge in [0.25, 0.3) is 0 Å². The molecule has 0 bridgehead atoms. The van der Waals surface area contributed by atoms with Crippen LogP contribution in [0, 0.1) is 0 Å². The van der Waals surface area contributed by atoms with Gasteiger partial charge in [0.15, 0.2) is 5.69 Å². The van der Waals surface area contributed by atoms with Crippen LogP contribution in [0.4, 0.5) is 4.79 Å². The molecule has 3 N–H and O–H groups in total. The number of hydrogen-bond acceptors (Lipinski definition) is 3. The lowest BCUT2D eigenvalue weighted by molar-refractivity contribution is 0.0689. The van der Waals surface area contributed by atoms with Crippen molar-refractivity contribution in [2.24, 2.45) is 0 Å². The van der Waals surface area contributed by atoms with Crippen LogP contribution < -0.4 is 5.32 Å². The molecule has 0 atom stereocenters. The molecule has 0 saturated carbocycles. The first-order chi connectivity index (χ1) is 8.78. The van der Waals surface area contributed by atoms with E-state index in [9.17, 15) is 9.59 Å². The predicted octanol–water partition coefficient (Wildman–Crippen LogP) is 0.974. The van der Waals surface area contributed by atoms with Crippen LogP contribution in [0.2, 0.25) is 0 Å². The number of aromatic carboxylic acids is 1. The Bertz CT molecular complexity index is 516. The number of nitrogens with zero attached hydrogens (tertiary/aromatic N) is 2. The molecule has 2 rings (SSSR count). The van der Waals surface area contributed by atoms with Crippen LogP contribution in [-0.4, -0.2) is 44.3 Å². The second-order valence-electron chi connectivity index (χ2n) is 5.69. The number of carboxylic acids is 1. The van der Waals surface area contributed by atoms with E-state index in [1.165, 1.54) is 0 Å². The molecule has 0 aromatic carbocycles. The molecule has 1 aliphatic rings. The summed E-state index contributed by atoms with van der Waals surface area (Å²) in [5.41, 5.74) is 1.17. The molecule has 1 aliphatic heterocycles. The molecule has 1 aromatic heterocycles. The highest BCUT2D eigenvalue weighted by Gasteiger charge is 2.28. The highest BCUT2D eigenvalue weighted by Crippen LogP contribution is 2.20. The molecule has 0 saturated heterocycles. The van der Waals surface area contributed by atoms with E-state index in [0.717, 1.165) is 0 Å². The Hall–Kier alpha value is -2.05. The van der Waals surface area contributed by atoms with E-state index in [2.05, 4.69) is 15.5 Å². The average molecular weight is 266 g/mol. The van der Waals surface area contributed by atoms with Gasteiger partial charge in [-0.3, -0.25) is 5.10 Å². The molecule has 2 amide bonds. The zero-order valence-electron chi connectivity index (χ0n) is 11.3. The zero-order valence-corrected chi connectivity index (χ0v) is 11.3. The minimum absolute atomic E-state index is 0.0610. The molecule has 2 heterocycles. The zero-order chi connectivity index (χ0) is 14.2. The van der Waals surface area contributed by atoms with Gasteiger partial charge in [-0.25, -0.2) is 9.59 Å². The topological polar surface area (TPSA) is 98.3 Å². The van der Waals surface area contributed by atoms with Crippen molar-refractivity contribution in [1.29, 1.82) is 0 Å². The largest absolute Gasteiger partial charge is 0.476 e. The summed E-state index contributed by atoms with van der Waals surface area (Å²) in [4.78, 5) is 24.6. The Morgan fingerprint density at radius 2 is 2.11 bits per heavy atom. The monoisotopic (exact) mass is 266 g/mol. The van der Waals surface area contributed by atoms with Crippen molar-refractivity contribution in [2.45, 2.75) is 39.3 Å². The third-order valence-electron chi connectivity index (χ3n) is 2.91. The fraction of sp³-hybridized carbons (Fsp3) is 0.583. The van der Waals surface area contributed by atoms with Gasteiger partial charge in [-0.1, -0.05) is 0 Å². The van der Waals surface area contributed by atoms with E-state index in [0.29, 0.717) is 30.8 Å². The minimum atomic E-state index is -1.04. The van der Waals surface area contributed by atoms with Gasteiger partial charge >= 0.3 is 12.0 Å².